The molecule has 0 bridgehead atoms. The normalized spacial score (nSPS) is 18.5. The molecule has 24 heavy (non-hydrogen) atoms. The summed E-state index contributed by atoms with van der Waals surface area (Å²) in [5.41, 5.74) is 1.27. The van der Waals surface area contributed by atoms with Crippen molar-refractivity contribution in [3.05, 3.63) is 34.8 Å². The van der Waals surface area contributed by atoms with Gasteiger partial charge in [0.25, 0.3) is 0 Å². The molecule has 1 aromatic heterocycles. The largest absolute Gasteiger partial charge is 0.419 e. The minimum absolute atomic E-state index is 0.101. The second-order valence-corrected chi connectivity index (χ2v) is 5.71. The Balaban J connectivity index is 1.76. The molecular formula is C16H20N4O4. The Bertz CT molecular complexity index is 810. The van der Waals surface area contributed by atoms with E-state index in [1.165, 1.54) is 0 Å². The summed E-state index contributed by atoms with van der Waals surface area (Å²) in [4.78, 5) is 37.7. The third kappa shape index (κ3) is 3.18. The van der Waals surface area contributed by atoms with Gasteiger partial charge in [-0.2, -0.15) is 0 Å². The second kappa shape index (κ2) is 6.88. The van der Waals surface area contributed by atoms with E-state index < -0.39 is 11.8 Å². The van der Waals surface area contributed by atoms with Gasteiger partial charge >= 0.3 is 5.76 Å². The first-order valence-corrected chi connectivity index (χ1v) is 7.91. The number of hydrogen-bond donors (Lipinski definition) is 2. The van der Waals surface area contributed by atoms with Crippen LogP contribution in [0.4, 0.5) is 0 Å². The standard InChI is InChI=1S/C16H20N4O4/c1-17-14(21)10-12-15(22)18-6-7-19(12)8-9-20-11-4-2-3-5-13(11)24-16(20)23/h2-5,12H,6-10H2,1H3,(H,17,21)(H,18,22)/t12-/m1/s1. The van der Waals surface area contributed by atoms with Gasteiger partial charge in [-0.25, -0.2) is 4.79 Å². The zero-order chi connectivity index (χ0) is 17.1. The van der Waals surface area contributed by atoms with Crippen molar-refractivity contribution in [2.45, 2.75) is 19.0 Å². The van der Waals surface area contributed by atoms with Crippen molar-refractivity contribution in [1.29, 1.82) is 0 Å². The summed E-state index contributed by atoms with van der Waals surface area (Å²) in [6.45, 7) is 2.05. The van der Waals surface area contributed by atoms with E-state index in [1.807, 2.05) is 23.1 Å². The molecular weight excluding hydrogens is 312 g/mol. The van der Waals surface area contributed by atoms with E-state index in [0.29, 0.717) is 31.8 Å². The third-order valence-corrected chi connectivity index (χ3v) is 4.28. The van der Waals surface area contributed by atoms with Crippen LogP contribution in [0.15, 0.2) is 33.5 Å². The van der Waals surface area contributed by atoms with Gasteiger partial charge in [0.05, 0.1) is 18.0 Å². The van der Waals surface area contributed by atoms with E-state index in [-0.39, 0.29) is 18.2 Å². The molecule has 0 aliphatic carbocycles. The molecule has 2 N–H and O–H groups in total. The van der Waals surface area contributed by atoms with Gasteiger partial charge in [-0.05, 0) is 12.1 Å². The highest BCUT2D eigenvalue weighted by Gasteiger charge is 2.31. The number of para-hydroxylation sites is 2. The highest BCUT2D eigenvalue weighted by Crippen LogP contribution is 2.13. The van der Waals surface area contributed by atoms with Gasteiger partial charge in [-0.3, -0.25) is 19.1 Å². The van der Waals surface area contributed by atoms with Crippen LogP contribution in [0.3, 0.4) is 0 Å². The molecule has 1 aromatic carbocycles. The average molecular weight is 332 g/mol. The summed E-state index contributed by atoms with van der Waals surface area (Å²) in [6, 6.07) is 6.70. The van der Waals surface area contributed by atoms with Crippen LogP contribution in [-0.4, -0.2) is 54.0 Å². The molecule has 8 heteroatoms. The SMILES string of the molecule is CNC(=O)C[C@@H]1C(=O)NCCN1CCn1c(=O)oc2ccccc21. The Labute approximate surface area is 138 Å². The van der Waals surface area contributed by atoms with Crippen LogP contribution in [0.1, 0.15) is 6.42 Å². The van der Waals surface area contributed by atoms with Gasteiger partial charge in [0.1, 0.15) is 0 Å². The zero-order valence-electron chi connectivity index (χ0n) is 13.4. The Morgan fingerprint density at radius 2 is 2.12 bits per heavy atom. The minimum atomic E-state index is -0.521. The number of rotatable bonds is 5. The van der Waals surface area contributed by atoms with Crippen molar-refractivity contribution in [2.75, 3.05) is 26.7 Å². The number of carbonyl (C=O) groups excluding carboxylic acids is 2. The van der Waals surface area contributed by atoms with Crippen molar-refractivity contribution in [3.8, 4) is 0 Å². The number of benzene rings is 1. The third-order valence-electron chi connectivity index (χ3n) is 4.28. The number of amides is 2. The van der Waals surface area contributed by atoms with Crippen molar-refractivity contribution < 1.29 is 14.0 Å². The molecule has 0 saturated carbocycles. The first-order chi connectivity index (χ1) is 11.6. The predicted octanol–water partition coefficient (Wildman–Crippen LogP) is -0.469. The highest BCUT2D eigenvalue weighted by molar-refractivity contribution is 5.88. The van der Waals surface area contributed by atoms with Gasteiger partial charge in [0, 0.05) is 33.2 Å². The van der Waals surface area contributed by atoms with Gasteiger partial charge in [0.2, 0.25) is 11.8 Å². The molecule has 1 fully saturated rings. The Hall–Kier alpha value is -2.61. The van der Waals surface area contributed by atoms with E-state index >= 15 is 0 Å². The van der Waals surface area contributed by atoms with Gasteiger partial charge in [0.15, 0.2) is 5.58 Å². The summed E-state index contributed by atoms with van der Waals surface area (Å²) >= 11 is 0. The number of fused-ring (bicyclic) bond motifs is 1. The van der Waals surface area contributed by atoms with Gasteiger partial charge in [-0.1, -0.05) is 12.1 Å². The maximum Gasteiger partial charge on any atom is 0.419 e. The van der Waals surface area contributed by atoms with Crippen LogP contribution < -0.4 is 16.4 Å². The molecule has 2 heterocycles. The lowest BCUT2D eigenvalue weighted by molar-refractivity contribution is -0.133. The fourth-order valence-corrected chi connectivity index (χ4v) is 2.98. The quantitative estimate of drug-likeness (QED) is 0.772. The van der Waals surface area contributed by atoms with Crippen molar-refractivity contribution >= 4 is 22.9 Å². The lowest BCUT2D eigenvalue weighted by atomic mass is 10.1. The monoisotopic (exact) mass is 332 g/mol. The van der Waals surface area contributed by atoms with Crippen LogP contribution in [-0.2, 0) is 16.1 Å². The summed E-state index contributed by atoms with van der Waals surface area (Å²) in [5.74, 6) is -0.761. The van der Waals surface area contributed by atoms with Gasteiger partial charge < -0.3 is 15.1 Å². The fourth-order valence-electron chi connectivity index (χ4n) is 2.98. The average Bonchev–Trinajstić information content (AvgIpc) is 2.90. The molecule has 8 nitrogen and oxygen atoms in total. The van der Waals surface area contributed by atoms with E-state index in [1.54, 1.807) is 17.7 Å². The van der Waals surface area contributed by atoms with E-state index in [0.717, 1.165) is 5.52 Å². The van der Waals surface area contributed by atoms with Crippen LogP contribution in [0, 0.1) is 0 Å². The Morgan fingerprint density at radius 3 is 2.92 bits per heavy atom. The van der Waals surface area contributed by atoms with Crippen LogP contribution in [0.2, 0.25) is 0 Å². The number of nitrogens with one attached hydrogen (secondary N) is 2. The smallest absolute Gasteiger partial charge is 0.408 e. The molecule has 1 aliphatic rings. The van der Waals surface area contributed by atoms with Crippen LogP contribution in [0.25, 0.3) is 11.1 Å². The lowest BCUT2D eigenvalue weighted by Gasteiger charge is -2.34. The molecule has 0 radical (unpaired) electrons. The molecule has 3 rings (SSSR count). The summed E-state index contributed by atoms with van der Waals surface area (Å²) in [7, 11) is 1.55. The lowest BCUT2D eigenvalue weighted by Crippen LogP contribution is -2.57. The maximum absolute atomic E-state index is 12.1. The number of nitrogens with zero attached hydrogens (tertiary/aromatic N) is 2. The summed E-state index contributed by atoms with van der Waals surface area (Å²) < 4.78 is 6.77. The maximum atomic E-state index is 12.1. The predicted molar refractivity (Wildman–Crippen MR) is 87.5 cm³/mol. The van der Waals surface area contributed by atoms with Crippen LogP contribution in [0.5, 0.6) is 0 Å². The molecule has 1 aliphatic heterocycles. The molecule has 0 spiro atoms. The molecule has 2 amide bonds. The van der Waals surface area contributed by atoms with Crippen molar-refractivity contribution in [2.24, 2.45) is 0 Å². The number of hydrogen-bond acceptors (Lipinski definition) is 5. The second-order valence-electron chi connectivity index (χ2n) is 5.71. The van der Waals surface area contributed by atoms with Crippen molar-refractivity contribution in [1.82, 2.24) is 20.1 Å². The topological polar surface area (TPSA) is 96.6 Å². The van der Waals surface area contributed by atoms with E-state index in [9.17, 15) is 14.4 Å². The Morgan fingerprint density at radius 1 is 1.33 bits per heavy atom. The fraction of sp³-hybridized carbons (Fsp3) is 0.438. The molecule has 0 unspecified atom stereocenters. The number of piperazine rings is 1. The summed E-state index contributed by atoms with van der Waals surface area (Å²) in [6.07, 6.45) is 0.101. The first kappa shape index (κ1) is 16.3. The van der Waals surface area contributed by atoms with E-state index in [2.05, 4.69) is 10.6 Å². The zero-order valence-corrected chi connectivity index (χ0v) is 13.4. The molecule has 1 saturated heterocycles. The molecule has 128 valence electrons. The highest BCUT2D eigenvalue weighted by atomic mass is 16.4. The summed E-state index contributed by atoms with van der Waals surface area (Å²) in [5, 5.41) is 5.32. The van der Waals surface area contributed by atoms with E-state index in [4.69, 9.17) is 4.42 Å². The van der Waals surface area contributed by atoms with Crippen LogP contribution >= 0.6 is 0 Å². The number of aromatic nitrogens is 1. The number of carbonyl (C=O) groups is 2. The first-order valence-electron chi connectivity index (χ1n) is 7.91. The molecule has 1 atom stereocenters. The van der Waals surface area contributed by atoms with Gasteiger partial charge in [-0.15, -0.1) is 0 Å². The molecule has 2 aromatic rings. The van der Waals surface area contributed by atoms with Crippen molar-refractivity contribution in [3.63, 3.8) is 0 Å². The minimum Gasteiger partial charge on any atom is -0.408 e. The number of oxazole rings is 1. The Kier molecular flexibility index (Phi) is 4.66.